The predicted octanol–water partition coefficient (Wildman–Crippen LogP) is 3.05. The maximum absolute atomic E-state index is 5.80. The SMILES string of the molecule is NC(=S)c1ccc(OCCOC2CCCCC2)cc1. The molecule has 2 N–H and O–H groups in total. The Morgan fingerprint density at radius 1 is 1.11 bits per heavy atom. The molecule has 0 atom stereocenters. The van der Waals surface area contributed by atoms with E-state index < -0.39 is 0 Å². The first-order chi connectivity index (χ1) is 9.25. The highest BCUT2D eigenvalue weighted by molar-refractivity contribution is 7.80. The molecule has 1 aromatic rings. The molecule has 2 rings (SSSR count). The van der Waals surface area contributed by atoms with E-state index in [4.69, 9.17) is 27.4 Å². The van der Waals surface area contributed by atoms with E-state index in [1.165, 1.54) is 32.1 Å². The Labute approximate surface area is 120 Å². The summed E-state index contributed by atoms with van der Waals surface area (Å²) in [6, 6.07) is 7.52. The Bertz CT molecular complexity index is 399. The molecule has 19 heavy (non-hydrogen) atoms. The molecule has 0 bridgehead atoms. The zero-order valence-electron chi connectivity index (χ0n) is 11.1. The number of hydrogen-bond donors (Lipinski definition) is 1. The predicted molar refractivity (Wildman–Crippen MR) is 80.6 cm³/mol. The standard InChI is InChI=1S/C15H21NO2S/c16-15(19)12-6-8-14(9-7-12)18-11-10-17-13-4-2-1-3-5-13/h6-9,13H,1-5,10-11H2,(H2,16,19). The van der Waals surface area contributed by atoms with Gasteiger partial charge in [0.15, 0.2) is 0 Å². The summed E-state index contributed by atoms with van der Waals surface area (Å²) < 4.78 is 11.4. The molecule has 0 aromatic heterocycles. The van der Waals surface area contributed by atoms with Crippen LogP contribution in [0.25, 0.3) is 0 Å². The van der Waals surface area contributed by atoms with Gasteiger partial charge in [-0.2, -0.15) is 0 Å². The Hall–Kier alpha value is -1.13. The first-order valence-electron chi connectivity index (χ1n) is 6.90. The van der Waals surface area contributed by atoms with Crippen LogP contribution in [0.1, 0.15) is 37.7 Å². The zero-order valence-corrected chi connectivity index (χ0v) is 12.0. The summed E-state index contributed by atoms with van der Waals surface area (Å²) in [4.78, 5) is 0.409. The Kier molecular flexibility index (Phi) is 5.61. The summed E-state index contributed by atoms with van der Waals surface area (Å²) in [7, 11) is 0. The molecule has 1 saturated carbocycles. The molecule has 1 aliphatic rings. The highest BCUT2D eigenvalue weighted by Gasteiger charge is 2.13. The van der Waals surface area contributed by atoms with Crippen molar-refractivity contribution >= 4 is 17.2 Å². The zero-order chi connectivity index (χ0) is 13.5. The van der Waals surface area contributed by atoms with Crippen molar-refractivity contribution in [2.24, 2.45) is 5.73 Å². The van der Waals surface area contributed by atoms with Gasteiger partial charge >= 0.3 is 0 Å². The van der Waals surface area contributed by atoms with Gasteiger partial charge in [0.1, 0.15) is 17.3 Å². The number of benzene rings is 1. The maximum Gasteiger partial charge on any atom is 0.119 e. The minimum absolute atomic E-state index is 0.409. The number of nitrogens with two attached hydrogens (primary N) is 1. The van der Waals surface area contributed by atoms with E-state index in [0.717, 1.165) is 11.3 Å². The minimum atomic E-state index is 0.409. The molecular formula is C15H21NO2S. The number of hydrogen-bond acceptors (Lipinski definition) is 3. The highest BCUT2D eigenvalue weighted by Crippen LogP contribution is 2.20. The van der Waals surface area contributed by atoms with Gasteiger partial charge < -0.3 is 15.2 Å². The van der Waals surface area contributed by atoms with Crippen LogP contribution in [0.4, 0.5) is 0 Å². The first-order valence-corrected chi connectivity index (χ1v) is 7.31. The molecule has 1 aromatic carbocycles. The summed E-state index contributed by atoms with van der Waals surface area (Å²) in [5, 5.41) is 0. The molecule has 0 saturated heterocycles. The summed E-state index contributed by atoms with van der Waals surface area (Å²) in [6.07, 6.45) is 6.78. The lowest BCUT2D eigenvalue weighted by molar-refractivity contribution is 0.0129. The van der Waals surface area contributed by atoms with Crippen molar-refractivity contribution in [2.45, 2.75) is 38.2 Å². The molecule has 0 heterocycles. The lowest BCUT2D eigenvalue weighted by Crippen LogP contribution is -2.19. The Morgan fingerprint density at radius 3 is 2.42 bits per heavy atom. The van der Waals surface area contributed by atoms with Gasteiger partial charge in [-0.3, -0.25) is 0 Å². The van der Waals surface area contributed by atoms with Gasteiger partial charge in [-0.1, -0.05) is 31.5 Å². The van der Waals surface area contributed by atoms with Crippen LogP contribution in [-0.2, 0) is 4.74 Å². The molecule has 4 heteroatoms. The third-order valence-corrected chi connectivity index (χ3v) is 3.63. The van der Waals surface area contributed by atoms with Crippen LogP contribution in [0.3, 0.4) is 0 Å². The molecule has 104 valence electrons. The van der Waals surface area contributed by atoms with Crippen molar-refractivity contribution in [1.29, 1.82) is 0 Å². The van der Waals surface area contributed by atoms with Gasteiger partial charge in [0, 0.05) is 5.56 Å². The van der Waals surface area contributed by atoms with Crippen molar-refractivity contribution in [1.82, 2.24) is 0 Å². The second-order valence-corrected chi connectivity index (χ2v) is 5.31. The number of rotatable bonds is 6. The van der Waals surface area contributed by atoms with Gasteiger partial charge in [-0.05, 0) is 37.1 Å². The van der Waals surface area contributed by atoms with E-state index in [1.807, 2.05) is 24.3 Å². The lowest BCUT2D eigenvalue weighted by Gasteiger charge is -2.21. The Morgan fingerprint density at radius 2 is 1.79 bits per heavy atom. The minimum Gasteiger partial charge on any atom is -0.491 e. The van der Waals surface area contributed by atoms with Crippen molar-refractivity contribution in [3.8, 4) is 5.75 Å². The van der Waals surface area contributed by atoms with Crippen LogP contribution in [0, 0.1) is 0 Å². The summed E-state index contributed by atoms with van der Waals surface area (Å²) in [5.74, 6) is 0.826. The van der Waals surface area contributed by atoms with Crippen molar-refractivity contribution in [3.05, 3.63) is 29.8 Å². The third kappa shape index (κ3) is 4.80. The molecule has 1 fully saturated rings. The van der Waals surface area contributed by atoms with Crippen molar-refractivity contribution in [2.75, 3.05) is 13.2 Å². The third-order valence-electron chi connectivity index (χ3n) is 3.40. The van der Waals surface area contributed by atoms with Crippen LogP contribution in [-0.4, -0.2) is 24.3 Å². The van der Waals surface area contributed by atoms with E-state index >= 15 is 0 Å². The first kappa shape index (κ1) is 14.3. The summed E-state index contributed by atoms with van der Waals surface area (Å²) in [6.45, 7) is 1.24. The van der Waals surface area contributed by atoms with Gasteiger partial charge in [-0.25, -0.2) is 0 Å². The fraction of sp³-hybridized carbons (Fsp3) is 0.533. The molecule has 0 spiro atoms. The Balaban J connectivity index is 1.66. The highest BCUT2D eigenvalue weighted by atomic mass is 32.1. The largest absolute Gasteiger partial charge is 0.491 e. The summed E-state index contributed by atoms with van der Waals surface area (Å²) in [5.41, 5.74) is 6.40. The van der Waals surface area contributed by atoms with E-state index in [1.54, 1.807) is 0 Å². The van der Waals surface area contributed by atoms with Crippen LogP contribution < -0.4 is 10.5 Å². The smallest absolute Gasteiger partial charge is 0.119 e. The van der Waals surface area contributed by atoms with Gasteiger partial charge in [0.25, 0.3) is 0 Å². The fourth-order valence-electron chi connectivity index (χ4n) is 2.32. The van der Waals surface area contributed by atoms with E-state index in [0.29, 0.717) is 24.3 Å². The molecular weight excluding hydrogens is 258 g/mol. The molecule has 0 amide bonds. The second kappa shape index (κ2) is 7.46. The molecule has 1 aliphatic carbocycles. The normalized spacial score (nSPS) is 16.2. The van der Waals surface area contributed by atoms with Crippen LogP contribution in [0.2, 0.25) is 0 Å². The molecule has 0 radical (unpaired) electrons. The fourth-order valence-corrected chi connectivity index (χ4v) is 2.46. The van der Waals surface area contributed by atoms with Crippen molar-refractivity contribution < 1.29 is 9.47 Å². The second-order valence-electron chi connectivity index (χ2n) is 4.87. The molecule has 0 aliphatic heterocycles. The number of thiocarbonyl (C=S) groups is 1. The molecule has 0 unspecified atom stereocenters. The van der Waals surface area contributed by atoms with E-state index in [9.17, 15) is 0 Å². The number of ether oxygens (including phenoxy) is 2. The monoisotopic (exact) mass is 279 g/mol. The van der Waals surface area contributed by atoms with Gasteiger partial charge in [0.05, 0.1) is 12.7 Å². The topological polar surface area (TPSA) is 44.5 Å². The van der Waals surface area contributed by atoms with Gasteiger partial charge in [0.2, 0.25) is 0 Å². The lowest BCUT2D eigenvalue weighted by atomic mass is 9.98. The quantitative estimate of drug-likeness (QED) is 0.642. The maximum atomic E-state index is 5.80. The average Bonchev–Trinajstić information content (AvgIpc) is 2.45. The van der Waals surface area contributed by atoms with E-state index in [-0.39, 0.29) is 0 Å². The average molecular weight is 279 g/mol. The van der Waals surface area contributed by atoms with Gasteiger partial charge in [-0.15, -0.1) is 0 Å². The van der Waals surface area contributed by atoms with Crippen LogP contribution in [0.15, 0.2) is 24.3 Å². The van der Waals surface area contributed by atoms with E-state index in [2.05, 4.69) is 0 Å². The summed E-state index contributed by atoms with van der Waals surface area (Å²) >= 11 is 4.90. The van der Waals surface area contributed by atoms with Crippen LogP contribution >= 0.6 is 12.2 Å². The molecule has 3 nitrogen and oxygen atoms in total. The van der Waals surface area contributed by atoms with Crippen LogP contribution in [0.5, 0.6) is 5.75 Å². The van der Waals surface area contributed by atoms with Crippen molar-refractivity contribution in [3.63, 3.8) is 0 Å².